The molecule has 0 aliphatic rings. The van der Waals surface area contributed by atoms with Crippen molar-refractivity contribution in [1.82, 2.24) is 10.3 Å². The topological polar surface area (TPSA) is 49.0 Å². The van der Waals surface area contributed by atoms with Gasteiger partial charge in [0.1, 0.15) is 5.82 Å². The first-order valence-electron chi connectivity index (χ1n) is 8.53. The van der Waals surface area contributed by atoms with Crippen molar-refractivity contribution < 1.29 is 0 Å². The van der Waals surface area contributed by atoms with E-state index in [0.717, 1.165) is 17.2 Å². The minimum atomic E-state index is 0.131. The Labute approximate surface area is 159 Å². The Hall–Kier alpha value is -2.92. The van der Waals surface area contributed by atoms with Crippen molar-refractivity contribution in [3.05, 3.63) is 84.1 Å². The van der Waals surface area contributed by atoms with Gasteiger partial charge in [0.05, 0.1) is 17.9 Å². The summed E-state index contributed by atoms with van der Waals surface area (Å²) in [4.78, 5) is 4.44. The van der Waals surface area contributed by atoms with Gasteiger partial charge < -0.3 is 16.0 Å². The molecular formula is C21H22N4S. The zero-order chi connectivity index (χ0) is 18.4. The molecule has 26 heavy (non-hydrogen) atoms. The maximum Gasteiger partial charge on any atom is 0.171 e. The predicted molar refractivity (Wildman–Crippen MR) is 113 cm³/mol. The summed E-state index contributed by atoms with van der Waals surface area (Å²) in [6.07, 6.45) is 1.77. The molecule has 0 aliphatic heterocycles. The molecule has 0 radical (unpaired) electrons. The van der Waals surface area contributed by atoms with E-state index in [0.29, 0.717) is 5.11 Å². The second kappa shape index (κ2) is 8.45. The second-order valence-electron chi connectivity index (χ2n) is 6.10. The Bertz CT molecular complexity index is 863. The average molecular weight is 363 g/mol. The van der Waals surface area contributed by atoms with Gasteiger partial charge >= 0.3 is 0 Å². The van der Waals surface area contributed by atoms with Gasteiger partial charge in [0.15, 0.2) is 5.11 Å². The molecule has 3 aromatic rings. The minimum Gasteiger partial charge on any atom is -0.356 e. The normalized spacial score (nSPS) is 11.5. The number of thiocarbonyl (C=S) groups is 1. The quantitative estimate of drug-likeness (QED) is 0.546. The molecule has 3 N–H and O–H groups in total. The smallest absolute Gasteiger partial charge is 0.171 e. The number of pyridine rings is 1. The van der Waals surface area contributed by atoms with E-state index in [2.05, 4.69) is 53.0 Å². The number of anilines is 3. The van der Waals surface area contributed by atoms with E-state index in [1.54, 1.807) is 6.20 Å². The highest BCUT2D eigenvalue weighted by Gasteiger charge is 2.07. The van der Waals surface area contributed by atoms with Crippen LogP contribution < -0.4 is 16.0 Å². The molecule has 2 aromatic carbocycles. The fourth-order valence-electron chi connectivity index (χ4n) is 2.58. The van der Waals surface area contributed by atoms with Crippen molar-refractivity contribution in [2.45, 2.75) is 19.9 Å². The number of benzene rings is 2. The lowest BCUT2D eigenvalue weighted by atomic mass is 10.1. The summed E-state index contributed by atoms with van der Waals surface area (Å²) >= 11 is 5.40. The standard InChI is InChI=1S/C21H22N4S/c1-15-8-6-7-11-19(15)25-20-13-12-18(14-22-20)24-21(26)23-16(2)17-9-4-3-5-10-17/h3-14,16H,1-2H3,(H,22,25)(H2,23,24,26). The Balaban J connectivity index is 1.57. The summed E-state index contributed by atoms with van der Waals surface area (Å²) in [7, 11) is 0. The van der Waals surface area contributed by atoms with Gasteiger partial charge in [-0.05, 0) is 55.4 Å². The van der Waals surface area contributed by atoms with Gasteiger partial charge in [0.2, 0.25) is 0 Å². The molecule has 0 bridgehead atoms. The fourth-order valence-corrected chi connectivity index (χ4v) is 2.88. The lowest BCUT2D eigenvalue weighted by Crippen LogP contribution is -2.30. The Morgan fingerprint density at radius 3 is 2.38 bits per heavy atom. The molecule has 0 fully saturated rings. The van der Waals surface area contributed by atoms with E-state index < -0.39 is 0 Å². The van der Waals surface area contributed by atoms with Crippen LogP contribution in [0.1, 0.15) is 24.1 Å². The number of nitrogens with one attached hydrogen (secondary N) is 3. The molecule has 0 spiro atoms. The van der Waals surface area contributed by atoms with Crippen LogP contribution in [-0.4, -0.2) is 10.1 Å². The first kappa shape index (κ1) is 17.9. The van der Waals surface area contributed by atoms with E-state index in [4.69, 9.17) is 12.2 Å². The molecule has 3 rings (SSSR count). The van der Waals surface area contributed by atoms with Crippen LogP contribution in [0.3, 0.4) is 0 Å². The molecule has 4 nitrogen and oxygen atoms in total. The highest BCUT2D eigenvalue weighted by molar-refractivity contribution is 7.80. The van der Waals surface area contributed by atoms with E-state index in [1.165, 1.54) is 11.1 Å². The van der Waals surface area contributed by atoms with Crippen molar-refractivity contribution in [2.75, 3.05) is 10.6 Å². The molecule has 132 valence electrons. The number of rotatable bonds is 5. The number of aromatic nitrogens is 1. The largest absolute Gasteiger partial charge is 0.356 e. The molecule has 1 heterocycles. The monoisotopic (exact) mass is 362 g/mol. The van der Waals surface area contributed by atoms with Crippen molar-refractivity contribution in [1.29, 1.82) is 0 Å². The summed E-state index contributed by atoms with van der Waals surface area (Å²) in [5, 5.41) is 10.3. The molecule has 5 heteroatoms. The number of hydrogen-bond acceptors (Lipinski definition) is 3. The van der Waals surface area contributed by atoms with Crippen molar-refractivity contribution in [3.63, 3.8) is 0 Å². The van der Waals surface area contributed by atoms with Gasteiger partial charge in [-0.15, -0.1) is 0 Å². The number of nitrogens with zero attached hydrogens (tertiary/aromatic N) is 1. The highest BCUT2D eigenvalue weighted by Crippen LogP contribution is 2.19. The van der Waals surface area contributed by atoms with E-state index in [9.17, 15) is 0 Å². The van der Waals surface area contributed by atoms with E-state index in [1.807, 2.05) is 48.5 Å². The Morgan fingerprint density at radius 1 is 0.962 bits per heavy atom. The highest BCUT2D eigenvalue weighted by atomic mass is 32.1. The molecular weight excluding hydrogens is 340 g/mol. The second-order valence-corrected chi connectivity index (χ2v) is 6.51. The predicted octanol–water partition coefficient (Wildman–Crippen LogP) is 5.18. The third kappa shape index (κ3) is 4.80. The van der Waals surface area contributed by atoms with E-state index in [-0.39, 0.29) is 6.04 Å². The molecule has 0 amide bonds. The molecule has 1 unspecified atom stereocenters. The van der Waals surface area contributed by atoms with Gasteiger partial charge in [-0.2, -0.15) is 0 Å². The van der Waals surface area contributed by atoms with Gasteiger partial charge in [-0.25, -0.2) is 4.98 Å². The first-order chi connectivity index (χ1) is 12.6. The average Bonchev–Trinajstić information content (AvgIpc) is 2.66. The minimum absolute atomic E-state index is 0.131. The molecule has 1 aromatic heterocycles. The molecule has 0 aliphatic carbocycles. The number of hydrogen-bond donors (Lipinski definition) is 3. The lowest BCUT2D eigenvalue weighted by molar-refractivity contribution is 0.722. The summed E-state index contributed by atoms with van der Waals surface area (Å²) in [6, 6.07) is 22.3. The summed E-state index contributed by atoms with van der Waals surface area (Å²) in [6.45, 7) is 4.15. The summed E-state index contributed by atoms with van der Waals surface area (Å²) in [5.74, 6) is 0.793. The van der Waals surface area contributed by atoms with Crippen LogP contribution in [0.15, 0.2) is 72.9 Å². The van der Waals surface area contributed by atoms with Gasteiger partial charge in [0, 0.05) is 5.69 Å². The van der Waals surface area contributed by atoms with Crippen LogP contribution >= 0.6 is 12.2 Å². The number of aryl methyl sites for hydroxylation is 1. The molecule has 0 saturated heterocycles. The van der Waals surface area contributed by atoms with Crippen LogP contribution in [0, 0.1) is 6.92 Å². The van der Waals surface area contributed by atoms with Crippen molar-refractivity contribution >= 4 is 34.5 Å². The van der Waals surface area contributed by atoms with Crippen LogP contribution in [0.5, 0.6) is 0 Å². The SMILES string of the molecule is Cc1ccccc1Nc1ccc(NC(=S)NC(C)c2ccccc2)cn1. The Morgan fingerprint density at radius 2 is 1.69 bits per heavy atom. The van der Waals surface area contributed by atoms with Crippen LogP contribution in [0.4, 0.5) is 17.2 Å². The maximum absolute atomic E-state index is 5.40. The molecule has 0 saturated carbocycles. The third-order valence-corrected chi connectivity index (χ3v) is 4.30. The third-order valence-electron chi connectivity index (χ3n) is 4.08. The van der Waals surface area contributed by atoms with Gasteiger partial charge in [-0.3, -0.25) is 0 Å². The van der Waals surface area contributed by atoms with Crippen molar-refractivity contribution in [3.8, 4) is 0 Å². The van der Waals surface area contributed by atoms with Crippen LogP contribution in [0.2, 0.25) is 0 Å². The summed E-state index contributed by atoms with van der Waals surface area (Å²) < 4.78 is 0. The van der Waals surface area contributed by atoms with Gasteiger partial charge in [0.25, 0.3) is 0 Å². The Kier molecular flexibility index (Phi) is 5.81. The first-order valence-corrected chi connectivity index (χ1v) is 8.94. The molecule has 1 atom stereocenters. The van der Waals surface area contributed by atoms with Crippen LogP contribution in [-0.2, 0) is 0 Å². The summed E-state index contributed by atoms with van der Waals surface area (Å²) in [5.41, 5.74) is 4.26. The fraction of sp³-hybridized carbons (Fsp3) is 0.143. The maximum atomic E-state index is 5.40. The zero-order valence-corrected chi connectivity index (χ0v) is 15.7. The zero-order valence-electron chi connectivity index (χ0n) is 14.9. The van der Waals surface area contributed by atoms with Crippen LogP contribution in [0.25, 0.3) is 0 Å². The van der Waals surface area contributed by atoms with Crippen molar-refractivity contribution in [2.24, 2.45) is 0 Å². The van der Waals surface area contributed by atoms with E-state index >= 15 is 0 Å². The van der Waals surface area contributed by atoms with Gasteiger partial charge in [-0.1, -0.05) is 48.5 Å². The number of para-hydroxylation sites is 1. The lowest BCUT2D eigenvalue weighted by Gasteiger charge is -2.17.